The Morgan fingerprint density at radius 1 is 1.37 bits per heavy atom. The maximum absolute atomic E-state index is 12.9. The van der Waals surface area contributed by atoms with E-state index in [1.807, 2.05) is 24.3 Å². The smallest absolute Gasteiger partial charge is 0.256 e. The first-order valence-corrected chi connectivity index (χ1v) is 11.9. The van der Waals surface area contributed by atoms with Gasteiger partial charge in [-0.3, -0.25) is 9.20 Å². The lowest BCUT2D eigenvalue weighted by Crippen LogP contribution is -2.42. The summed E-state index contributed by atoms with van der Waals surface area (Å²) in [5.41, 5.74) is 1.83. The van der Waals surface area contributed by atoms with Crippen LogP contribution in [0, 0.1) is 13.8 Å². The molecule has 1 fully saturated rings. The number of unbranched alkanes of at least 4 members (excludes halogenated alkanes) is 1. The summed E-state index contributed by atoms with van der Waals surface area (Å²) in [4.78, 5) is 19.0. The Balaban J connectivity index is 1.72. The van der Waals surface area contributed by atoms with Gasteiger partial charge in [0.1, 0.15) is 0 Å². The molecule has 0 bridgehead atoms. The minimum atomic E-state index is -3.03. The van der Waals surface area contributed by atoms with Crippen LogP contribution in [0.5, 0.6) is 0 Å². The first-order chi connectivity index (χ1) is 12.8. The Morgan fingerprint density at radius 3 is 2.81 bits per heavy atom. The summed E-state index contributed by atoms with van der Waals surface area (Å²) in [5.74, 6) is 0.911. The average molecular weight is 412 g/mol. The molecule has 3 heterocycles. The van der Waals surface area contributed by atoms with Crippen LogP contribution in [-0.4, -0.2) is 68.7 Å². The predicted octanol–water partition coefficient (Wildman–Crippen LogP) is 1.65. The van der Waals surface area contributed by atoms with Crippen molar-refractivity contribution < 1.29 is 13.2 Å². The van der Waals surface area contributed by atoms with Gasteiger partial charge in [0.2, 0.25) is 5.91 Å². The number of amides is 1. The molecule has 1 saturated heterocycles. The van der Waals surface area contributed by atoms with Gasteiger partial charge in [-0.25, -0.2) is 13.4 Å². The van der Waals surface area contributed by atoms with Crippen molar-refractivity contribution in [2.45, 2.75) is 51.2 Å². The zero-order valence-corrected chi connectivity index (χ0v) is 17.5. The van der Waals surface area contributed by atoms with E-state index < -0.39 is 9.84 Å². The molecule has 3 rings (SSSR count). The number of sulfone groups is 1. The summed E-state index contributed by atoms with van der Waals surface area (Å²) in [7, 11) is -3.03. The van der Waals surface area contributed by atoms with Gasteiger partial charge in [-0.05, 0) is 32.8 Å². The second-order valence-electron chi connectivity index (χ2n) is 6.94. The van der Waals surface area contributed by atoms with Crippen molar-refractivity contribution in [1.29, 1.82) is 0 Å². The van der Waals surface area contributed by atoms with Crippen LogP contribution in [0.4, 0.5) is 0 Å². The highest BCUT2D eigenvalue weighted by molar-refractivity contribution is 7.99. The minimum absolute atomic E-state index is 0.0509. The fraction of sp³-hybridized carbons (Fsp3) is 0.647. The summed E-state index contributed by atoms with van der Waals surface area (Å²) in [5, 5.41) is 8.87. The van der Waals surface area contributed by atoms with E-state index in [1.165, 1.54) is 11.8 Å². The van der Waals surface area contributed by atoms with Gasteiger partial charge in [0.15, 0.2) is 15.0 Å². The lowest BCUT2D eigenvalue weighted by Gasteiger charge is -2.28. The third kappa shape index (κ3) is 4.60. The number of aryl methyl sites for hydroxylation is 2. The van der Waals surface area contributed by atoms with Crippen molar-refractivity contribution in [3.8, 4) is 0 Å². The molecule has 0 radical (unpaired) electrons. The van der Waals surface area contributed by atoms with Gasteiger partial charge >= 0.3 is 0 Å². The molecule has 27 heavy (non-hydrogen) atoms. The van der Waals surface area contributed by atoms with Crippen LogP contribution >= 0.6 is 11.8 Å². The zero-order valence-electron chi connectivity index (χ0n) is 15.9. The summed E-state index contributed by atoms with van der Waals surface area (Å²) in [6.45, 7) is 6.51. The van der Waals surface area contributed by atoms with Gasteiger partial charge in [-0.1, -0.05) is 25.1 Å². The van der Waals surface area contributed by atoms with Crippen LogP contribution in [0.1, 0.15) is 37.6 Å². The van der Waals surface area contributed by atoms with E-state index in [-0.39, 0.29) is 29.2 Å². The number of hydrogen-bond acceptors (Lipinski definition) is 7. The van der Waals surface area contributed by atoms with Crippen molar-refractivity contribution in [3.05, 3.63) is 17.5 Å². The lowest BCUT2D eigenvalue weighted by atomic mass is 10.2. The molecule has 0 spiro atoms. The molecule has 1 amide bonds. The molecule has 10 heteroatoms. The molecular weight excluding hydrogens is 386 g/mol. The maximum atomic E-state index is 12.9. The Hall–Kier alpha value is -1.68. The number of carbonyl (C=O) groups excluding carboxylic acids is 1. The Bertz CT molecular complexity index is 941. The summed E-state index contributed by atoms with van der Waals surface area (Å²) in [6, 6.07) is 1.73. The zero-order chi connectivity index (χ0) is 19.6. The van der Waals surface area contributed by atoms with E-state index in [9.17, 15) is 13.2 Å². The second-order valence-corrected chi connectivity index (χ2v) is 10.1. The predicted molar refractivity (Wildman–Crippen MR) is 105 cm³/mol. The molecule has 0 aromatic carbocycles. The third-order valence-electron chi connectivity index (χ3n) is 4.71. The molecule has 1 atom stereocenters. The molecule has 1 aliphatic heterocycles. The van der Waals surface area contributed by atoms with E-state index in [4.69, 9.17) is 0 Å². The highest BCUT2D eigenvalue weighted by atomic mass is 32.2. The van der Waals surface area contributed by atoms with Crippen molar-refractivity contribution in [1.82, 2.24) is 24.5 Å². The van der Waals surface area contributed by atoms with Crippen molar-refractivity contribution in [2.24, 2.45) is 0 Å². The SMILES string of the molecule is CCCCN(C(=O)CSc1nnc2nc(C)cc(C)n12)[C@@H]1CCS(=O)(=O)C1. The van der Waals surface area contributed by atoms with Crippen LogP contribution < -0.4 is 0 Å². The van der Waals surface area contributed by atoms with Crippen LogP contribution in [-0.2, 0) is 14.6 Å². The topological polar surface area (TPSA) is 97.5 Å². The number of rotatable bonds is 7. The van der Waals surface area contributed by atoms with E-state index in [2.05, 4.69) is 22.1 Å². The first kappa shape index (κ1) is 20.1. The Labute approximate surface area is 163 Å². The average Bonchev–Trinajstić information content (AvgIpc) is 3.16. The molecule has 0 N–H and O–H groups in total. The molecule has 0 unspecified atom stereocenters. The van der Waals surface area contributed by atoms with Crippen LogP contribution in [0.3, 0.4) is 0 Å². The monoisotopic (exact) mass is 411 g/mol. The molecular formula is C17H25N5O3S2. The van der Waals surface area contributed by atoms with Crippen LogP contribution in [0.15, 0.2) is 11.2 Å². The fourth-order valence-corrected chi connectivity index (χ4v) is 5.97. The van der Waals surface area contributed by atoms with E-state index >= 15 is 0 Å². The Kier molecular flexibility index (Phi) is 6.05. The van der Waals surface area contributed by atoms with E-state index in [0.29, 0.717) is 23.9 Å². The summed E-state index contributed by atoms with van der Waals surface area (Å²) in [6.07, 6.45) is 2.34. The number of carbonyl (C=O) groups is 1. The first-order valence-electron chi connectivity index (χ1n) is 9.13. The molecule has 1 aliphatic rings. The molecule has 2 aromatic heterocycles. The van der Waals surface area contributed by atoms with Gasteiger partial charge in [0.05, 0.1) is 17.3 Å². The second kappa shape index (κ2) is 8.14. The maximum Gasteiger partial charge on any atom is 0.256 e. The number of nitrogens with zero attached hydrogens (tertiary/aromatic N) is 5. The van der Waals surface area contributed by atoms with Crippen LogP contribution in [0.2, 0.25) is 0 Å². The number of hydrogen-bond donors (Lipinski definition) is 0. The molecule has 0 aliphatic carbocycles. The highest BCUT2D eigenvalue weighted by Gasteiger charge is 2.34. The van der Waals surface area contributed by atoms with Crippen molar-refractivity contribution in [3.63, 3.8) is 0 Å². The third-order valence-corrected chi connectivity index (χ3v) is 7.37. The van der Waals surface area contributed by atoms with Gasteiger partial charge in [-0.15, -0.1) is 10.2 Å². The molecule has 8 nitrogen and oxygen atoms in total. The largest absolute Gasteiger partial charge is 0.338 e. The minimum Gasteiger partial charge on any atom is -0.338 e. The summed E-state index contributed by atoms with van der Waals surface area (Å²) >= 11 is 1.31. The summed E-state index contributed by atoms with van der Waals surface area (Å²) < 4.78 is 25.5. The van der Waals surface area contributed by atoms with Crippen LogP contribution in [0.25, 0.3) is 5.78 Å². The Morgan fingerprint density at radius 2 is 2.15 bits per heavy atom. The standard InChI is InChI=1S/C17H25N5O3S2/c1-4-5-7-21(14-6-8-27(24,25)11-14)15(23)10-26-17-20-19-16-18-12(2)9-13(3)22(16)17/h9,14H,4-8,10-11H2,1-3H3/t14-/m1/s1. The molecule has 148 valence electrons. The molecule has 2 aromatic rings. The van der Waals surface area contributed by atoms with Gasteiger partial charge in [-0.2, -0.15) is 0 Å². The number of aromatic nitrogens is 4. The highest BCUT2D eigenvalue weighted by Crippen LogP contribution is 2.22. The van der Waals surface area contributed by atoms with Gasteiger partial charge < -0.3 is 4.90 Å². The number of fused-ring (bicyclic) bond motifs is 1. The normalized spacial score (nSPS) is 18.9. The van der Waals surface area contributed by atoms with E-state index in [1.54, 1.807) is 4.90 Å². The molecule has 0 saturated carbocycles. The van der Waals surface area contributed by atoms with Crippen molar-refractivity contribution >= 4 is 33.3 Å². The lowest BCUT2D eigenvalue weighted by molar-refractivity contribution is -0.130. The van der Waals surface area contributed by atoms with E-state index in [0.717, 1.165) is 24.2 Å². The van der Waals surface area contributed by atoms with Gasteiger partial charge in [0.25, 0.3) is 5.78 Å². The van der Waals surface area contributed by atoms with Crippen molar-refractivity contribution in [2.75, 3.05) is 23.8 Å². The fourth-order valence-electron chi connectivity index (χ4n) is 3.36. The van der Waals surface area contributed by atoms with Gasteiger partial charge in [0, 0.05) is 24.0 Å². The quantitative estimate of drug-likeness (QED) is 0.639. The number of thioether (sulfide) groups is 1.